The van der Waals surface area contributed by atoms with E-state index in [4.69, 9.17) is 5.73 Å². The number of carbonyl (C=O) groups excluding carboxylic acids is 3. The Hall–Kier alpha value is -2.28. The van der Waals surface area contributed by atoms with Crippen LogP contribution in [0.3, 0.4) is 0 Å². The van der Waals surface area contributed by atoms with E-state index in [1.165, 1.54) is 13.8 Å². The number of hydrogen-bond acceptors (Lipinski definition) is 8. The molecule has 29 heavy (non-hydrogen) atoms. The van der Waals surface area contributed by atoms with Gasteiger partial charge in [-0.2, -0.15) is 0 Å². The topological polar surface area (TPSA) is 211 Å². The molecule has 0 spiro atoms. The van der Waals surface area contributed by atoms with Gasteiger partial charge in [-0.15, -0.1) is 0 Å². The van der Waals surface area contributed by atoms with Crippen molar-refractivity contribution < 1.29 is 39.6 Å². The van der Waals surface area contributed by atoms with E-state index in [0.717, 1.165) is 0 Å². The summed E-state index contributed by atoms with van der Waals surface area (Å²) in [5.41, 5.74) is 5.47. The average Bonchev–Trinajstić information content (AvgIpc) is 2.65. The second-order valence-electron chi connectivity index (χ2n) is 6.95. The number of hydrogen-bond donors (Lipinski definition) is 8. The molecule has 0 saturated carbocycles. The van der Waals surface area contributed by atoms with Crippen molar-refractivity contribution in [2.75, 3.05) is 6.61 Å². The molecule has 3 amide bonds. The van der Waals surface area contributed by atoms with Crippen LogP contribution in [-0.4, -0.2) is 87.1 Å². The molecule has 0 saturated heterocycles. The maximum atomic E-state index is 12.4. The van der Waals surface area contributed by atoms with Crippen LogP contribution >= 0.6 is 0 Å². The van der Waals surface area contributed by atoms with Crippen LogP contribution in [0.15, 0.2) is 0 Å². The molecule has 0 rings (SSSR count). The summed E-state index contributed by atoms with van der Waals surface area (Å²) in [7, 11) is 0. The molecule has 0 fully saturated rings. The van der Waals surface area contributed by atoms with Gasteiger partial charge in [0.25, 0.3) is 0 Å². The molecule has 7 unspecified atom stereocenters. The number of rotatable bonds is 12. The fraction of sp³-hybridized carbons (Fsp3) is 0.765. The minimum Gasteiger partial charge on any atom is -0.480 e. The Kier molecular flexibility index (Phi) is 11.3. The number of carboxylic acids is 1. The van der Waals surface area contributed by atoms with Crippen molar-refractivity contribution in [1.29, 1.82) is 0 Å². The van der Waals surface area contributed by atoms with Gasteiger partial charge < -0.3 is 42.1 Å². The molecule has 12 nitrogen and oxygen atoms in total. The Balaban J connectivity index is 5.22. The van der Waals surface area contributed by atoms with E-state index in [9.17, 15) is 39.6 Å². The lowest BCUT2D eigenvalue weighted by atomic mass is 9.99. The normalized spacial score (nSPS) is 18.3. The molecule has 0 aromatic rings. The number of nitrogens with two attached hydrogens (primary N) is 1. The molecule has 0 aromatic carbocycles. The zero-order valence-electron chi connectivity index (χ0n) is 17.0. The van der Waals surface area contributed by atoms with E-state index >= 15 is 0 Å². The highest BCUT2D eigenvalue weighted by Gasteiger charge is 2.33. The van der Waals surface area contributed by atoms with Crippen LogP contribution in [0.25, 0.3) is 0 Å². The maximum Gasteiger partial charge on any atom is 0.326 e. The highest BCUT2D eigenvalue weighted by atomic mass is 16.4. The zero-order valence-corrected chi connectivity index (χ0v) is 17.0. The van der Waals surface area contributed by atoms with Gasteiger partial charge in [-0.05, 0) is 19.8 Å². The van der Waals surface area contributed by atoms with Gasteiger partial charge in [0.2, 0.25) is 17.7 Å². The fourth-order valence-electron chi connectivity index (χ4n) is 2.27. The lowest BCUT2D eigenvalue weighted by Gasteiger charge is -2.27. The van der Waals surface area contributed by atoms with Gasteiger partial charge in [0, 0.05) is 0 Å². The highest BCUT2D eigenvalue weighted by molar-refractivity contribution is 5.94. The number of carboxylic acid groups (broad SMARTS) is 1. The van der Waals surface area contributed by atoms with Crippen LogP contribution in [0.5, 0.6) is 0 Å². The molecule has 0 aliphatic carbocycles. The van der Waals surface area contributed by atoms with Crippen LogP contribution < -0.4 is 21.7 Å². The molecule has 0 aliphatic heterocycles. The largest absolute Gasteiger partial charge is 0.480 e. The summed E-state index contributed by atoms with van der Waals surface area (Å²) in [6.45, 7) is 4.99. The molecule has 0 aromatic heterocycles. The molecule has 0 heterocycles. The van der Waals surface area contributed by atoms with E-state index in [1.54, 1.807) is 13.8 Å². The van der Waals surface area contributed by atoms with Crippen molar-refractivity contribution in [2.45, 2.75) is 70.5 Å². The minimum atomic E-state index is -1.53. The lowest BCUT2D eigenvalue weighted by Crippen LogP contribution is -2.61. The van der Waals surface area contributed by atoms with Crippen LogP contribution in [-0.2, 0) is 19.2 Å². The van der Waals surface area contributed by atoms with Gasteiger partial charge in [-0.3, -0.25) is 14.4 Å². The van der Waals surface area contributed by atoms with Crippen LogP contribution in [0.2, 0.25) is 0 Å². The summed E-state index contributed by atoms with van der Waals surface area (Å²) in [5, 5.41) is 44.4. The molecule has 9 N–H and O–H groups in total. The Morgan fingerprint density at radius 2 is 1.38 bits per heavy atom. The number of aliphatic hydroxyl groups excluding tert-OH is 3. The van der Waals surface area contributed by atoms with Gasteiger partial charge in [-0.25, -0.2) is 4.79 Å². The van der Waals surface area contributed by atoms with Crippen molar-refractivity contribution in [3.63, 3.8) is 0 Å². The third kappa shape index (κ3) is 8.31. The van der Waals surface area contributed by atoms with Crippen molar-refractivity contribution >= 4 is 23.7 Å². The summed E-state index contributed by atoms with van der Waals surface area (Å²) >= 11 is 0. The van der Waals surface area contributed by atoms with Gasteiger partial charge in [0.1, 0.15) is 24.2 Å². The van der Waals surface area contributed by atoms with Crippen LogP contribution in [0, 0.1) is 5.92 Å². The first-order valence-corrected chi connectivity index (χ1v) is 9.23. The number of nitrogens with one attached hydrogen (secondary N) is 3. The monoisotopic (exact) mass is 420 g/mol. The molecular formula is C17H32N4O8. The number of aliphatic hydroxyl groups is 3. The van der Waals surface area contributed by atoms with E-state index in [2.05, 4.69) is 16.0 Å². The SMILES string of the molecule is CCC(C)C(NC(=O)C(CO)NC(=O)C(NC(=O)C(N)C(C)O)C(C)O)C(=O)O. The summed E-state index contributed by atoms with van der Waals surface area (Å²) in [6, 6.07) is -5.63. The lowest BCUT2D eigenvalue weighted by molar-refractivity contribution is -0.144. The molecule has 0 bridgehead atoms. The summed E-state index contributed by atoms with van der Waals surface area (Å²) < 4.78 is 0. The fourth-order valence-corrected chi connectivity index (χ4v) is 2.27. The molecule has 7 atom stereocenters. The van der Waals surface area contributed by atoms with E-state index in [-0.39, 0.29) is 0 Å². The van der Waals surface area contributed by atoms with Crippen molar-refractivity contribution in [3.8, 4) is 0 Å². The van der Waals surface area contributed by atoms with Crippen LogP contribution in [0.4, 0.5) is 0 Å². The summed E-state index contributed by atoms with van der Waals surface area (Å²) in [4.78, 5) is 48.0. The van der Waals surface area contributed by atoms with Crippen molar-refractivity contribution in [1.82, 2.24) is 16.0 Å². The Morgan fingerprint density at radius 3 is 1.76 bits per heavy atom. The van der Waals surface area contributed by atoms with Crippen molar-refractivity contribution in [3.05, 3.63) is 0 Å². The van der Waals surface area contributed by atoms with Gasteiger partial charge in [0.05, 0.1) is 18.8 Å². The third-order valence-corrected chi connectivity index (χ3v) is 4.48. The highest BCUT2D eigenvalue weighted by Crippen LogP contribution is 2.08. The Bertz CT molecular complexity index is 584. The first-order chi connectivity index (χ1) is 13.4. The molecular weight excluding hydrogens is 388 g/mol. The second-order valence-corrected chi connectivity index (χ2v) is 6.95. The smallest absolute Gasteiger partial charge is 0.326 e. The van der Waals surface area contributed by atoms with E-state index < -0.39 is 72.6 Å². The van der Waals surface area contributed by atoms with E-state index in [0.29, 0.717) is 6.42 Å². The third-order valence-electron chi connectivity index (χ3n) is 4.48. The van der Waals surface area contributed by atoms with Gasteiger partial charge >= 0.3 is 5.97 Å². The second kappa shape index (κ2) is 12.3. The number of aliphatic carboxylic acids is 1. The minimum absolute atomic E-state index is 0.405. The average molecular weight is 420 g/mol. The number of amides is 3. The standard InChI is InChI=1S/C17H32N4O8/c1-5-7(2)12(17(28)29)20-14(25)10(6-22)19-16(27)13(9(4)24)21-15(26)11(18)8(3)23/h7-13,22-24H,5-6,18H2,1-4H3,(H,19,27)(H,20,25)(H,21,26)(H,28,29). The maximum absolute atomic E-state index is 12.4. The quantitative estimate of drug-likeness (QED) is 0.158. The number of carbonyl (C=O) groups is 4. The van der Waals surface area contributed by atoms with Crippen LogP contribution in [0.1, 0.15) is 34.1 Å². The van der Waals surface area contributed by atoms with Gasteiger partial charge in [0.15, 0.2) is 0 Å². The molecule has 0 aliphatic rings. The van der Waals surface area contributed by atoms with Crippen molar-refractivity contribution in [2.24, 2.45) is 11.7 Å². The first-order valence-electron chi connectivity index (χ1n) is 9.23. The molecule has 168 valence electrons. The molecule has 12 heteroatoms. The predicted molar refractivity (Wildman–Crippen MR) is 101 cm³/mol. The summed E-state index contributed by atoms with van der Waals surface area (Å²) in [5.74, 6) is -4.52. The first kappa shape index (κ1) is 26.7. The Morgan fingerprint density at radius 1 is 0.862 bits per heavy atom. The molecule has 0 radical (unpaired) electrons. The van der Waals surface area contributed by atoms with Gasteiger partial charge in [-0.1, -0.05) is 20.3 Å². The summed E-state index contributed by atoms with van der Waals surface area (Å²) in [6.07, 6.45) is -2.14. The van der Waals surface area contributed by atoms with E-state index in [1.807, 2.05) is 0 Å². The Labute approximate surface area is 168 Å². The zero-order chi connectivity index (χ0) is 22.9. The predicted octanol–water partition coefficient (Wildman–Crippen LogP) is -3.35.